The van der Waals surface area contributed by atoms with Crippen LogP contribution < -0.4 is 5.32 Å². The SMILES string of the molecule is C1CCC(CN(CC2CCCN2)C2CC2)OC1. The van der Waals surface area contributed by atoms with Crippen molar-refractivity contribution >= 4 is 0 Å². The molecule has 2 aliphatic heterocycles. The summed E-state index contributed by atoms with van der Waals surface area (Å²) < 4.78 is 5.89. The second-order valence-electron chi connectivity index (χ2n) is 5.97. The van der Waals surface area contributed by atoms with Gasteiger partial charge in [0.05, 0.1) is 6.10 Å². The quantitative estimate of drug-likeness (QED) is 0.790. The van der Waals surface area contributed by atoms with E-state index in [1.54, 1.807) is 0 Å². The highest BCUT2D eigenvalue weighted by Gasteiger charge is 2.33. The van der Waals surface area contributed by atoms with Crippen LogP contribution in [0.1, 0.15) is 44.9 Å². The zero-order valence-electron chi connectivity index (χ0n) is 10.9. The van der Waals surface area contributed by atoms with Crippen LogP contribution in [0.25, 0.3) is 0 Å². The van der Waals surface area contributed by atoms with Crippen molar-refractivity contribution < 1.29 is 4.74 Å². The predicted molar refractivity (Wildman–Crippen MR) is 69.2 cm³/mol. The lowest BCUT2D eigenvalue weighted by Crippen LogP contribution is -2.43. The summed E-state index contributed by atoms with van der Waals surface area (Å²) >= 11 is 0. The summed E-state index contributed by atoms with van der Waals surface area (Å²) in [7, 11) is 0. The molecule has 0 aromatic carbocycles. The van der Waals surface area contributed by atoms with E-state index in [-0.39, 0.29) is 0 Å². The van der Waals surface area contributed by atoms with Crippen LogP contribution in [0.5, 0.6) is 0 Å². The lowest BCUT2D eigenvalue weighted by Gasteiger charge is -2.31. The number of hydrogen-bond acceptors (Lipinski definition) is 3. The van der Waals surface area contributed by atoms with Gasteiger partial charge in [-0.25, -0.2) is 0 Å². The van der Waals surface area contributed by atoms with Gasteiger partial charge in [0.15, 0.2) is 0 Å². The maximum absolute atomic E-state index is 5.89. The minimum atomic E-state index is 0.519. The molecule has 1 N–H and O–H groups in total. The molecule has 1 aliphatic carbocycles. The standard InChI is InChI=1S/C14H26N2O/c1-2-9-17-14(5-1)11-16(13-6-7-13)10-12-4-3-8-15-12/h12-15H,1-11H2. The van der Waals surface area contributed by atoms with Gasteiger partial charge in [0, 0.05) is 31.8 Å². The Balaban J connectivity index is 1.48. The largest absolute Gasteiger partial charge is 0.377 e. The van der Waals surface area contributed by atoms with E-state index in [1.807, 2.05) is 0 Å². The first-order valence-corrected chi connectivity index (χ1v) is 7.51. The van der Waals surface area contributed by atoms with Crippen LogP contribution in [0.15, 0.2) is 0 Å². The molecule has 3 heteroatoms. The third-order valence-electron chi connectivity index (χ3n) is 4.39. The van der Waals surface area contributed by atoms with Gasteiger partial charge in [-0.1, -0.05) is 0 Å². The van der Waals surface area contributed by atoms with Crippen molar-refractivity contribution in [2.75, 3.05) is 26.2 Å². The van der Waals surface area contributed by atoms with Crippen LogP contribution in [0.4, 0.5) is 0 Å². The molecule has 2 heterocycles. The number of ether oxygens (including phenoxy) is 1. The Morgan fingerprint density at radius 1 is 1.00 bits per heavy atom. The van der Waals surface area contributed by atoms with E-state index in [9.17, 15) is 0 Å². The van der Waals surface area contributed by atoms with Gasteiger partial charge in [-0.2, -0.15) is 0 Å². The van der Waals surface area contributed by atoms with Gasteiger partial charge in [0.1, 0.15) is 0 Å². The van der Waals surface area contributed by atoms with Crippen LogP contribution >= 0.6 is 0 Å². The third-order valence-corrected chi connectivity index (χ3v) is 4.39. The lowest BCUT2D eigenvalue weighted by molar-refractivity contribution is -0.00844. The van der Waals surface area contributed by atoms with Gasteiger partial charge in [0.2, 0.25) is 0 Å². The Hall–Kier alpha value is -0.120. The molecule has 0 aromatic rings. The van der Waals surface area contributed by atoms with Crippen molar-refractivity contribution in [3.8, 4) is 0 Å². The molecule has 0 bridgehead atoms. The molecule has 0 radical (unpaired) electrons. The fourth-order valence-corrected chi connectivity index (χ4v) is 3.22. The summed E-state index contributed by atoms with van der Waals surface area (Å²) in [6, 6.07) is 1.63. The topological polar surface area (TPSA) is 24.5 Å². The Morgan fingerprint density at radius 2 is 1.94 bits per heavy atom. The highest BCUT2D eigenvalue weighted by atomic mass is 16.5. The first-order valence-electron chi connectivity index (χ1n) is 7.51. The summed E-state index contributed by atoms with van der Waals surface area (Å²) in [5.41, 5.74) is 0. The maximum atomic E-state index is 5.89. The van der Waals surface area contributed by atoms with Crippen molar-refractivity contribution in [3.05, 3.63) is 0 Å². The predicted octanol–water partition coefficient (Wildman–Crippen LogP) is 1.77. The molecular formula is C14H26N2O. The van der Waals surface area contributed by atoms with E-state index >= 15 is 0 Å². The summed E-state index contributed by atoms with van der Waals surface area (Å²) in [4.78, 5) is 2.71. The van der Waals surface area contributed by atoms with Crippen molar-refractivity contribution in [2.24, 2.45) is 0 Å². The highest BCUT2D eigenvalue weighted by Crippen LogP contribution is 2.29. The number of hydrogen-bond donors (Lipinski definition) is 1. The normalized spacial score (nSPS) is 34.4. The molecule has 0 spiro atoms. The second kappa shape index (κ2) is 5.68. The Labute approximate surface area is 105 Å². The first kappa shape index (κ1) is 11.9. The average molecular weight is 238 g/mol. The molecule has 3 fully saturated rings. The summed E-state index contributed by atoms with van der Waals surface area (Å²) in [6.07, 6.45) is 10.00. The van der Waals surface area contributed by atoms with Crippen LogP contribution in [-0.4, -0.2) is 49.3 Å². The van der Waals surface area contributed by atoms with Crippen LogP contribution in [0.2, 0.25) is 0 Å². The Morgan fingerprint density at radius 3 is 2.59 bits per heavy atom. The summed E-state index contributed by atoms with van der Waals surface area (Å²) in [5.74, 6) is 0. The van der Waals surface area contributed by atoms with E-state index in [0.29, 0.717) is 6.10 Å². The van der Waals surface area contributed by atoms with Gasteiger partial charge in [-0.05, 0) is 51.5 Å². The van der Waals surface area contributed by atoms with Crippen LogP contribution in [-0.2, 0) is 4.74 Å². The minimum Gasteiger partial charge on any atom is -0.377 e. The third kappa shape index (κ3) is 3.43. The van der Waals surface area contributed by atoms with Gasteiger partial charge in [0.25, 0.3) is 0 Å². The van der Waals surface area contributed by atoms with Crippen molar-refractivity contribution in [1.29, 1.82) is 0 Å². The molecule has 2 atom stereocenters. The smallest absolute Gasteiger partial charge is 0.0702 e. The molecule has 2 unspecified atom stereocenters. The molecular weight excluding hydrogens is 212 g/mol. The molecule has 98 valence electrons. The van der Waals surface area contributed by atoms with Crippen molar-refractivity contribution in [3.63, 3.8) is 0 Å². The van der Waals surface area contributed by atoms with Gasteiger partial charge >= 0.3 is 0 Å². The van der Waals surface area contributed by atoms with Gasteiger partial charge < -0.3 is 10.1 Å². The fourth-order valence-electron chi connectivity index (χ4n) is 3.22. The summed E-state index contributed by atoms with van der Waals surface area (Å²) in [6.45, 7) is 4.65. The molecule has 3 nitrogen and oxygen atoms in total. The van der Waals surface area contributed by atoms with E-state index in [2.05, 4.69) is 10.2 Å². The van der Waals surface area contributed by atoms with Gasteiger partial charge in [-0.3, -0.25) is 4.90 Å². The molecule has 0 aromatic heterocycles. The van der Waals surface area contributed by atoms with E-state index in [4.69, 9.17) is 4.74 Å². The lowest BCUT2D eigenvalue weighted by atomic mass is 10.1. The molecule has 0 amide bonds. The van der Waals surface area contributed by atoms with Gasteiger partial charge in [-0.15, -0.1) is 0 Å². The molecule has 2 saturated heterocycles. The zero-order valence-corrected chi connectivity index (χ0v) is 10.9. The maximum Gasteiger partial charge on any atom is 0.0702 e. The van der Waals surface area contributed by atoms with E-state index in [0.717, 1.165) is 18.7 Å². The minimum absolute atomic E-state index is 0.519. The highest BCUT2D eigenvalue weighted by molar-refractivity contribution is 4.89. The molecule has 1 saturated carbocycles. The van der Waals surface area contributed by atoms with Crippen molar-refractivity contribution in [2.45, 2.75) is 63.1 Å². The van der Waals surface area contributed by atoms with Crippen molar-refractivity contribution in [1.82, 2.24) is 10.2 Å². The fraction of sp³-hybridized carbons (Fsp3) is 1.00. The number of nitrogens with zero attached hydrogens (tertiary/aromatic N) is 1. The Kier molecular flexibility index (Phi) is 3.99. The Bertz CT molecular complexity index is 230. The zero-order chi connectivity index (χ0) is 11.5. The molecule has 3 aliphatic rings. The van der Waals surface area contributed by atoms with Crippen LogP contribution in [0, 0.1) is 0 Å². The monoisotopic (exact) mass is 238 g/mol. The van der Waals surface area contributed by atoms with E-state index < -0.39 is 0 Å². The number of rotatable bonds is 5. The average Bonchev–Trinajstić information content (AvgIpc) is 3.09. The van der Waals surface area contributed by atoms with Crippen LogP contribution in [0.3, 0.4) is 0 Å². The summed E-state index contributed by atoms with van der Waals surface area (Å²) in [5, 5.41) is 3.62. The molecule has 3 rings (SSSR count). The number of nitrogens with one attached hydrogen (secondary N) is 1. The second-order valence-corrected chi connectivity index (χ2v) is 5.97. The van der Waals surface area contributed by atoms with E-state index in [1.165, 1.54) is 64.6 Å². The first-order chi connectivity index (χ1) is 8.42. The molecule has 17 heavy (non-hydrogen) atoms.